The monoisotopic (exact) mass is 453 g/mol. The summed E-state index contributed by atoms with van der Waals surface area (Å²) in [5.74, 6) is 0.470. The maximum Gasteiger partial charge on any atom is 0.279 e. The summed E-state index contributed by atoms with van der Waals surface area (Å²) in [5.41, 5.74) is 2.70. The fraction of sp³-hybridized carbons (Fsp3) is 0.455. The van der Waals surface area contributed by atoms with Gasteiger partial charge in [0.2, 0.25) is 0 Å². The van der Waals surface area contributed by atoms with Gasteiger partial charge in [-0.25, -0.2) is 4.98 Å². The molecular weight excluding hydrogens is 430 g/mol. The van der Waals surface area contributed by atoms with Gasteiger partial charge >= 0.3 is 0 Å². The van der Waals surface area contributed by atoms with Crippen LogP contribution >= 0.6 is 11.6 Å². The molecule has 6 rings (SSSR count). The van der Waals surface area contributed by atoms with Crippen LogP contribution in [0.4, 0.5) is 0 Å². The van der Waals surface area contributed by atoms with Gasteiger partial charge in [-0.1, -0.05) is 22.9 Å². The number of fused-ring (bicyclic) bond motifs is 3. The highest BCUT2D eigenvalue weighted by Crippen LogP contribution is 2.30. The first-order valence-electron chi connectivity index (χ1n) is 11.0. The van der Waals surface area contributed by atoms with Crippen molar-refractivity contribution in [2.75, 3.05) is 20.2 Å². The van der Waals surface area contributed by atoms with Crippen LogP contribution in [-0.2, 0) is 11.3 Å². The fourth-order valence-corrected chi connectivity index (χ4v) is 5.34. The Morgan fingerprint density at radius 2 is 2.12 bits per heavy atom. The zero-order valence-corrected chi connectivity index (χ0v) is 18.6. The van der Waals surface area contributed by atoms with E-state index < -0.39 is 0 Å². The summed E-state index contributed by atoms with van der Waals surface area (Å²) in [4.78, 5) is 20.6. The molecule has 4 aromatic rings. The van der Waals surface area contributed by atoms with E-state index in [0.717, 1.165) is 50.0 Å². The van der Waals surface area contributed by atoms with Crippen molar-refractivity contribution in [3.05, 3.63) is 51.8 Å². The third-order valence-electron chi connectivity index (χ3n) is 6.69. The second-order valence-corrected chi connectivity index (χ2v) is 9.08. The predicted molar refractivity (Wildman–Crippen MR) is 120 cm³/mol. The Balaban J connectivity index is 1.54. The molecule has 2 aliphatic heterocycles. The van der Waals surface area contributed by atoms with Gasteiger partial charge in [0.25, 0.3) is 5.56 Å². The molecule has 3 aromatic heterocycles. The topological polar surface area (TPSA) is 82.5 Å². The Hall–Kier alpha value is -2.75. The van der Waals surface area contributed by atoms with Crippen LogP contribution in [0, 0.1) is 0 Å². The normalized spacial score (nSPS) is 21.9. The van der Waals surface area contributed by atoms with E-state index in [-0.39, 0.29) is 17.7 Å². The Morgan fingerprint density at radius 3 is 2.91 bits per heavy atom. The first-order chi connectivity index (χ1) is 15.6. The smallest absolute Gasteiger partial charge is 0.279 e. The minimum Gasteiger partial charge on any atom is -0.376 e. The molecule has 5 heterocycles. The summed E-state index contributed by atoms with van der Waals surface area (Å²) in [7, 11) is 2.10. The van der Waals surface area contributed by atoms with Gasteiger partial charge < -0.3 is 9.30 Å². The number of halogens is 1. The van der Waals surface area contributed by atoms with E-state index in [0.29, 0.717) is 28.4 Å². The number of aromatic nitrogens is 6. The molecule has 0 N–H and O–H groups in total. The summed E-state index contributed by atoms with van der Waals surface area (Å²) in [6.45, 7) is 2.23. The SMILES string of the molecule is CN1CCCC1c1cn(-c2ncn3c2c(=O)n(CC2CCCO2)c2c(Cl)cccc23)nn1. The van der Waals surface area contributed by atoms with Gasteiger partial charge in [-0.3, -0.25) is 14.1 Å². The number of para-hydroxylation sites is 1. The quantitative estimate of drug-likeness (QED) is 0.472. The predicted octanol–water partition coefficient (Wildman–Crippen LogP) is 2.83. The van der Waals surface area contributed by atoms with Crippen molar-refractivity contribution < 1.29 is 4.74 Å². The Kier molecular flexibility index (Phi) is 4.78. The van der Waals surface area contributed by atoms with Gasteiger partial charge in [-0.05, 0) is 51.4 Å². The van der Waals surface area contributed by atoms with Crippen LogP contribution < -0.4 is 5.56 Å². The van der Waals surface area contributed by atoms with Crippen molar-refractivity contribution in [3.8, 4) is 5.82 Å². The number of benzene rings is 1. The van der Waals surface area contributed by atoms with Crippen LogP contribution in [-0.4, -0.2) is 60.1 Å². The van der Waals surface area contributed by atoms with Crippen molar-refractivity contribution in [2.45, 2.75) is 44.4 Å². The van der Waals surface area contributed by atoms with Gasteiger partial charge in [-0.2, -0.15) is 4.68 Å². The van der Waals surface area contributed by atoms with Crippen molar-refractivity contribution >= 4 is 28.2 Å². The van der Waals surface area contributed by atoms with E-state index in [9.17, 15) is 4.79 Å². The number of hydrogen-bond acceptors (Lipinski definition) is 6. The molecule has 0 spiro atoms. The average molecular weight is 454 g/mol. The van der Waals surface area contributed by atoms with E-state index in [1.165, 1.54) is 0 Å². The second-order valence-electron chi connectivity index (χ2n) is 8.67. The van der Waals surface area contributed by atoms with E-state index in [4.69, 9.17) is 16.3 Å². The van der Waals surface area contributed by atoms with Gasteiger partial charge in [0, 0.05) is 6.61 Å². The second kappa shape index (κ2) is 7.68. The molecule has 32 heavy (non-hydrogen) atoms. The molecule has 2 aliphatic rings. The van der Waals surface area contributed by atoms with Crippen molar-refractivity contribution in [1.29, 1.82) is 0 Å². The number of rotatable bonds is 4. The maximum atomic E-state index is 13.8. The molecule has 166 valence electrons. The highest BCUT2D eigenvalue weighted by molar-refractivity contribution is 6.35. The summed E-state index contributed by atoms with van der Waals surface area (Å²) in [6, 6.07) is 5.88. The number of ether oxygens (including phenoxy) is 1. The molecule has 2 fully saturated rings. The van der Waals surface area contributed by atoms with Crippen LogP contribution in [0.5, 0.6) is 0 Å². The Morgan fingerprint density at radius 1 is 1.22 bits per heavy atom. The lowest BCUT2D eigenvalue weighted by atomic mass is 10.2. The van der Waals surface area contributed by atoms with Crippen LogP contribution in [0.15, 0.2) is 35.5 Å². The van der Waals surface area contributed by atoms with Crippen molar-refractivity contribution in [3.63, 3.8) is 0 Å². The summed E-state index contributed by atoms with van der Waals surface area (Å²) >= 11 is 6.57. The lowest BCUT2D eigenvalue weighted by molar-refractivity contribution is 0.0973. The van der Waals surface area contributed by atoms with Crippen molar-refractivity contribution in [2.24, 2.45) is 0 Å². The van der Waals surface area contributed by atoms with E-state index in [1.807, 2.05) is 18.3 Å². The molecule has 0 aliphatic carbocycles. The van der Waals surface area contributed by atoms with Crippen molar-refractivity contribution in [1.82, 2.24) is 33.8 Å². The molecule has 2 saturated heterocycles. The molecule has 2 atom stereocenters. The lowest BCUT2D eigenvalue weighted by Gasteiger charge is -2.17. The molecular formula is C22H24ClN7O2. The Bertz CT molecular complexity index is 1370. The van der Waals surface area contributed by atoms with E-state index >= 15 is 0 Å². The lowest BCUT2D eigenvalue weighted by Crippen LogP contribution is -2.29. The van der Waals surface area contributed by atoms with E-state index in [2.05, 4.69) is 27.2 Å². The minimum atomic E-state index is -0.163. The third kappa shape index (κ3) is 3.07. The van der Waals surface area contributed by atoms with Gasteiger partial charge in [0.15, 0.2) is 11.3 Å². The van der Waals surface area contributed by atoms with Crippen LogP contribution in [0.2, 0.25) is 5.02 Å². The van der Waals surface area contributed by atoms with Gasteiger partial charge in [-0.15, -0.1) is 5.10 Å². The first kappa shape index (κ1) is 19.9. The minimum absolute atomic E-state index is 0.00290. The summed E-state index contributed by atoms with van der Waals surface area (Å²) in [6.07, 6.45) is 7.67. The zero-order chi connectivity index (χ0) is 21.8. The molecule has 1 aromatic carbocycles. The summed E-state index contributed by atoms with van der Waals surface area (Å²) in [5, 5.41) is 9.25. The highest BCUT2D eigenvalue weighted by Gasteiger charge is 2.27. The molecule has 0 saturated carbocycles. The number of imidazole rings is 1. The summed E-state index contributed by atoms with van der Waals surface area (Å²) < 4.78 is 11.0. The number of nitrogens with zero attached hydrogens (tertiary/aromatic N) is 7. The Labute approximate surface area is 189 Å². The van der Waals surface area contributed by atoms with Crippen LogP contribution in [0.1, 0.15) is 37.4 Å². The van der Waals surface area contributed by atoms with Crippen LogP contribution in [0.25, 0.3) is 22.4 Å². The largest absolute Gasteiger partial charge is 0.376 e. The molecule has 0 amide bonds. The molecule has 0 bridgehead atoms. The van der Waals surface area contributed by atoms with Gasteiger partial charge in [0.1, 0.15) is 12.0 Å². The molecule has 9 nitrogen and oxygen atoms in total. The molecule has 0 radical (unpaired) electrons. The first-order valence-corrected chi connectivity index (χ1v) is 11.4. The van der Waals surface area contributed by atoms with Crippen LogP contribution in [0.3, 0.4) is 0 Å². The standard InChI is InChI=1S/C22H24ClN7O2/c1-27-9-3-8-17(27)16-12-30(26-25-16)21-20-22(31)28(11-14-5-4-10-32-14)19-15(23)6-2-7-18(19)29(20)13-24-21/h2,6-7,12-14,17H,3-5,8-11H2,1H3. The molecule has 10 heteroatoms. The average Bonchev–Trinajstić information content (AvgIpc) is 3.57. The maximum absolute atomic E-state index is 13.8. The fourth-order valence-electron chi connectivity index (χ4n) is 5.07. The van der Waals surface area contributed by atoms with Gasteiger partial charge in [0.05, 0.1) is 40.9 Å². The zero-order valence-electron chi connectivity index (χ0n) is 17.8. The number of hydrogen-bond donors (Lipinski definition) is 0. The number of likely N-dealkylation sites (tertiary alicyclic amines) is 1. The molecule has 2 unspecified atom stereocenters. The highest BCUT2D eigenvalue weighted by atomic mass is 35.5. The third-order valence-corrected chi connectivity index (χ3v) is 7.00. The van der Waals surface area contributed by atoms with E-state index in [1.54, 1.807) is 26.0 Å².